The van der Waals surface area contributed by atoms with Gasteiger partial charge in [0.25, 0.3) is 0 Å². The van der Waals surface area contributed by atoms with Gasteiger partial charge in [-0.2, -0.15) is 23.1 Å². The topological polar surface area (TPSA) is 93.7 Å². The van der Waals surface area contributed by atoms with Crippen LogP contribution in [-0.4, -0.2) is 41.9 Å². The molecular formula is C22H26F4N4O3. The first kappa shape index (κ1) is 23.5. The first-order valence-corrected chi connectivity index (χ1v) is 10.7. The maximum atomic E-state index is 14.3. The lowest BCUT2D eigenvalue weighted by molar-refractivity contribution is -0.142. The van der Waals surface area contributed by atoms with Crippen molar-refractivity contribution in [3.63, 3.8) is 0 Å². The van der Waals surface area contributed by atoms with Crippen LogP contribution in [0.5, 0.6) is 6.01 Å². The van der Waals surface area contributed by atoms with Crippen LogP contribution < -0.4 is 15.4 Å². The second kappa shape index (κ2) is 8.94. The number of hydrogen-bond donors (Lipinski definition) is 2. The Morgan fingerprint density at radius 2 is 2.03 bits per heavy atom. The number of anilines is 2. The van der Waals surface area contributed by atoms with Crippen molar-refractivity contribution < 1.29 is 32.1 Å². The van der Waals surface area contributed by atoms with E-state index in [1.54, 1.807) is 0 Å². The molecule has 1 fully saturated rings. The molecule has 3 heterocycles. The van der Waals surface area contributed by atoms with Crippen LogP contribution in [0.4, 0.5) is 29.1 Å². The number of nitrogens with zero attached hydrogens (tertiary/aromatic N) is 3. The van der Waals surface area contributed by atoms with Crippen molar-refractivity contribution in [3.05, 3.63) is 40.3 Å². The van der Waals surface area contributed by atoms with Crippen molar-refractivity contribution >= 4 is 11.5 Å². The number of nitrogens with two attached hydrogens (primary N) is 1. The van der Waals surface area contributed by atoms with E-state index in [9.17, 15) is 22.7 Å². The Labute approximate surface area is 188 Å². The quantitative estimate of drug-likeness (QED) is 0.522. The third kappa shape index (κ3) is 4.70. The summed E-state index contributed by atoms with van der Waals surface area (Å²) < 4.78 is 66.2. The molecule has 3 unspecified atom stereocenters. The Balaban J connectivity index is 1.73. The van der Waals surface area contributed by atoms with Crippen molar-refractivity contribution in [1.82, 2.24) is 9.97 Å². The predicted octanol–water partition coefficient (Wildman–Crippen LogP) is 3.49. The number of rotatable bonds is 4. The molecule has 7 nitrogen and oxygen atoms in total. The summed E-state index contributed by atoms with van der Waals surface area (Å²) in [6.45, 7) is 3.35. The van der Waals surface area contributed by atoms with Crippen molar-refractivity contribution in [1.29, 1.82) is 0 Å². The van der Waals surface area contributed by atoms with E-state index in [0.717, 1.165) is 12.5 Å². The number of piperidine rings is 1. The van der Waals surface area contributed by atoms with Crippen LogP contribution in [0, 0.1) is 17.7 Å². The summed E-state index contributed by atoms with van der Waals surface area (Å²) in [6.07, 6.45) is -5.14. The van der Waals surface area contributed by atoms with E-state index in [4.69, 9.17) is 15.2 Å². The van der Waals surface area contributed by atoms with Gasteiger partial charge in [-0.3, -0.25) is 0 Å². The minimum atomic E-state index is -4.91. The first-order valence-electron chi connectivity index (χ1n) is 10.7. The number of aliphatic hydroxyl groups is 1. The summed E-state index contributed by atoms with van der Waals surface area (Å²) in [5, 5.41) is 9.67. The number of aromatic nitrogens is 2. The number of methoxy groups -OCH3 is 1. The lowest BCUT2D eigenvalue weighted by Gasteiger charge is -2.38. The fraction of sp³-hybridized carbons (Fsp3) is 0.545. The van der Waals surface area contributed by atoms with Crippen LogP contribution in [0.25, 0.3) is 0 Å². The number of alkyl halides is 3. The molecule has 3 atom stereocenters. The first-order chi connectivity index (χ1) is 15.6. The molecule has 0 bridgehead atoms. The molecule has 0 spiro atoms. The van der Waals surface area contributed by atoms with Gasteiger partial charge in [-0.25, -0.2) is 4.39 Å². The second-order valence-electron chi connectivity index (χ2n) is 8.72. The third-order valence-corrected chi connectivity index (χ3v) is 6.12. The van der Waals surface area contributed by atoms with Gasteiger partial charge in [0.1, 0.15) is 11.6 Å². The van der Waals surface area contributed by atoms with Crippen molar-refractivity contribution in [2.45, 2.75) is 38.7 Å². The summed E-state index contributed by atoms with van der Waals surface area (Å²) in [5.41, 5.74) is 4.89. The molecule has 33 heavy (non-hydrogen) atoms. The molecule has 0 amide bonds. The fourth-order valence-electron chi connectivity index (χ4n) is 4.77. The van der Waals surface area contributed by atoms with Crippen molar-refractivity contribution in [2.24, 2.45) is 11.8 Å². The Bertz CT molecular complexity index is 1030. The molecule has 4 rings (SSSR count). The molecule has 1 aromatic heterocycles. The van der Waals surface area contributed by atoms with Gasteiger partial charge in [0, 0.05) is 37.4 Å². The number of benzene rings is 1. The Kier molecular flexibility index (Phi) is 6.37. The van der Waals surface area contributed by atoms with E-state index in [1.807, 2.05) is 4.90 Å². The zero-order valence-corrected chi connectivity index (χ0v) is 18.3. The fourth-order valence-corrected chi connectivity index (χ4v) is 4.77. The normalized spacial score (nSPS) is 23.4. The minimum absolute atomic E-state index is 0.0278. The minimum Gasteiger partial charge on any atom is -0.467 e. The van der Waals surface area contributed by atoms with Gasteiger partial charge in [0.2, 0.25) is 0 Å². The highest BCUT2D eigenvalue weighted by molar-refractivity contribution is 5.53. The van der Waals surface area contributed by atoms with E-state index < -0.39 is 23.7 Å². The van der Waals surface area contributed by atoms with Crippen LogP contribution in [0.3, 0.4) is 0 Å². The van der Waals surface area contributed by atoms with Crippen molar-refractivity contribution in [2.75, 3.05) is 37.4 Å². The average molecular weight is 470 g/mol. The Morgan fingerprint density at radius 3 is 2.70 bits per heavy atom. The summed E-state index contributed by atoms with van der Waals surface area (Å²) in [5.74, 6) is -0.470. The molecule has 2 aliphatic rings. The summed E-state index contributed by atoms with van der Waals surface area (Å²) in [4.78, 5) is 10.9. The zero-order valence-electron chi connectivity index (χ0n) is 18.3. The average Bonchev–Trinajstić information content (AvgIpc) is 2.75. The van der Waals surface area contributed by atoms with Crippen LogP contribution in [0.1, 0.15) is 41.8 Å². The van der Waals surface area contributed by atoms with Crippen molar-refractivity contribution in [3.8, 4) is 6.01 Å². The summed E-state index contributed by atoms with van der Waals surface area (Å²) in [7, 11) is 1.41. The summed E-state index contributed by atoms with van der Waals surface area (Å²) in [6, 6.07) is 1.83. The molecule has 2 aliphatic heterocycles. The number of aliphatic hydroxyl groups excluding tert-OH is 1. The number of nitrogen functional groups attached to an aromatic ring is 1. The number of hydrogen-bond acceptors (Lipinski definition) is 7. The highest BCUT2D eigenvalue weighted by atomic mass is 19.4. The third-order valence-electron chi connectivity index (χ3n) is 6.12. The largest absolute Gasteiger partial charge is 0.467 e. The second-order valence-corrected chi connectivity index (χ2v) is 8.72. The van der Waals surface area contributed by atoms with Crippen LogP contribution in [-0.2, 0) is 23.9 Å². The molecular weight excluding hydrogens is 444 g/mol. The van der Waals surface area contributed by atoms with Crippen LogP contribution in [0.2, 0.25) is 0 Å². The van der Waals surface area contributed by atoms with Gasteiger partial charge >= 0.3 is 12.2 Å². The van der Waals surface area contributed by atoms with Gasteiger partial charge < -0.3 is 25.2 Å². The highest BCUT2D eigenvalue weighted by Crippen LogP contribution is 2.43. The molecule has 3 N–H and O–H groups in total. The lowest BCUT2D eigenvalue weighted by Crippen LogP contribution is -2.42. The number of ether oxygens (including phenoxy) is 2. The van der Waals surface area contributed by atoms with Gasteiger partial charge in [0.15, 0.2) is 0 Å². The molecule has 2 aromatic rings. The number of fused-ring (bicyclic) bond motifs is 1. The molecule has 180 valence electrons. The van der Waals surface area contributed by atoms with Crippen LogP contribution in [0.15, 0.2) is 12.1 Å². The predicted molar refractivity (Wildman–Crippen MR) is 112 cm³/mol. The van der Waals surface area contributed by atoms with Gasteiger partial charge in [0.05, 0.1) is 31.1 Å². The molecule has 0 radical (unpaired) electrons. The number of halogens is 4. The van der Waals surface area contributed by atoms with Crippen LogP contribution >= 0.6 is 0 Å². The smallest absolute Gasteiger partial charge is 0.419 e. The van der Waals surface area contributed by atoms with Gasteiger partial charge in [-0.1, -0.05) is 6.92 Å². The van der Waals surface area contributed by atoms with E-state index in [1.165, 1.54) is 7.11 Å². The van der Waals surface area contributed by atoms with Gasteiger partial charge in [-0.05, 0) is 36.0 Å². The monoisotopic (exact) mass is 470 g/mol. The molecule has 1 saturated heterocycles. The highest BCUT2D eigenvalue weighted by Gasteiger charge is 2.41. The summed E-state index contributed by atoms with van der Waals surface area (Å²) >= 11 is 0. The van der Waals surface area contributed by atoms with E-state index in [2.05, 4.69) is 16.9 Å². The van der Waals surface area contributed by atoms with E-state index in [0.29, 0.717) is 42.1 Å². The molecule has 0 aliphatic carbocycles. The van der Waals surface area contributed by atoms with E-state index >= 15 is 0 Å². The van der Waals surface area contributed by atoms with E-state index in [-0.39, 0.29) is 42.8 Å². The zero-order chi connectivity index (χ0) is 23.9. The molecule has 11 heteroatoms. The SMILES string of the molecule is COc1nc2c(c(N3CC(C)CC(CO)C3)n1)COC(c1cc(N)cc(F)c1C(F)(F)F)C2. The maximum Gasteiger partial charge on any atom is 0.419 e. The molecule has 0 saturated carbocycles. The maximum absolute atomic E-state index is 14.3. The lowest BCUT2D eigenvalue weighted by atomic mass is 9.90. The Hall–Kier alpha value is -2.66. The Morgan fingerprint density at radius 1 is 1.27 bits per heavy atom. The van der Waals surface area contributed by atoms with Gasteiger partial charge in [-0.15, -0.1) is 0 Å². The standard InChI is InChI=1S/C22H26F4N4O3/c1-11-3-12(9-31)8-30(7-11)20-15-10-33-18(6-17(15)28-21(29-20)32-2)14-4-13(27)5-16(23)19(14)22(24,25)26/h4-5,11-12,18,31H,3,6-10,27H2,1-2H3. The molecule has 1 aromatic carbocycles.